The summed E-state index contributed by atoms with van der Waals surface area (Å²) in [6, 6.07) is 18.9. The molecule has 0 heterocycles. The number of ketones is 4. The molecule has 40 heavy (non-hydrogen) atoms. The van der Waals surface area contributed by atoms with E-state index in [1.807, 2.05) is 0 Å². The average Bonchev–Trinajstić information content (AvgIpc) is 2.98. The quantitative estimate of drug-likeness (QED) is 0.221. The number of aliphatic hydroxyl groups is 2. The van der Waals surface area contributed by atoms with Gasteiger partial charge in [-0.2, -0.15) is 21.0 Å². The minimum absolute atomic E-state index is 0.00653. The molecule has 10 nitrogen and oxygen atoms in total. The molecule has 0 aromatic heterocycles. The van der Waals surface area contributed by atoms with Gasteiger partial charge in [-0.25, -0.2) is 0 Å². The molecule has 0 aliphatic heterocycles. The van der Waals surface area contributed by atoms with E-state index in [-0.39, 0.29) is 47.9 Å². The number of benzene rings is 2. The first-order valence-electron chi connectivity index (χ1n) is 10.8. The van der Waals surface area contributed by atoms with Gasteiger partial charge in [0.25, 0.3) is 0 Å². The SMILES string of the molecule is N#C/C(O)=C(\C#N)SC1=CC(=O)c2ccccc2C1=O.N#C/C=C(\C#N)SC1=C(O)c2ccccc2C(=O)C1=O. The fourth-order valence-electron chi connectivity index (χ4n) is 3.34. The van der Waals surface area contributed by atoms with Crippen molar-refractivity contribution in [3.8, 4) is 24.3 Å². The van der Waals surface area contributed by atoms with E-state index in [0.29, 0.717) is 29.1 Å². The number of allylic oxidation sites excluding steroid dienone is 7. The fourth-order valence-corrected chi connectivity index (χ4v) is 4.89. The highest BCUT2D eigenvalue weighted by Gasteiger charge is 2.33. The second-order valence-corrected chi connectivity index (χ2v) is 9.59. The topological polar surface area (TPSA) is 204 Å². The number of fused-ring (bicyclic) bond motifs is 2. The zero-order valence-electron chi connectivity index (χ0n) is 19.9. The number of aliphatic hydroxyl groups excluding tert-OH is 2. The van der Waals surface area contributed by atoms with E-state index in [1.54, 1.807) is 48.5 Å². The van der Waals surface area contributed by atoms with Crippen LogP contribution in [0.25, 0.3) is 5.76 Å². The molecule has 4 rings (SSSR count). The molecule has 2 aromatic rings. The van der Waals surface area contributed by atoms with E-state index in [1.165, 1.54) is 24.3 Å². The third kappa shape index (κ3) is 5.91. The molecule has 0 atom stereocenters. The summed E-state index contributed by atoms with van der Waals surface area (Å²) in [5, 5.41) is 54.1. The predicted molar refractivity (Wildman–Crippen MR) is 144 cm³/mol. The van der Waals surface area contributed by atoms with E-state index in [2.05, 4.69) is 0 Å². The predicted octanol–water partition coefficient (Wildman–Crippen LogP) is 4.84. The number of hydrogen-bond donors (Lipinski definition) is 2. The Hall–Kier alpha value is -5.66. The molecule has 0 saturated carbocycles. The molecular formula is C28H12N4O6S2. The summed E-state index contributed by atoms with van der Waals surface area (Å²) in [4.78, 5) is 47.3. The van der Waals surface area contributed by atoms with Gasteiger partial charge in [0, 0.05) is 34.4 Å². The van der Waals surface area contributed by atoms with Crippen LogP contribution in [0.3, 0.4) is 0 Å². The van der Waals surface area contributed by atoms with Crippen LogP contribution >= 0.6 is 23.5 Å². The van der Waals surface area contributed by atoms with Crippen molar-refractivity contribution in [2.45, 2.75) is 0 Å². The van der Waals surface area contributed by atoms with Crippen molar-refractivity contribution in [1.29, 1.82) is 21.0 Å². The third-order valence-corrected chi connectivity index (χ3v) is 7.15. The fraction of sp³-hybridized carbons (Fsp3) is 0. The van der Waals surface area contributed by atoms with E-state index in [0.717, 1.165) is 12.2 Å². The normalized spacial score (nSPS) is 14.6. The van der Waals surface area contributed by atoms with E-state index in [9.17, 15) is 29.4 Å². The Morgan fingerprint density at radius 1 is 0.725 bits per heavy atom. The summed E-state index contributed by atoms with van der Waals surface area (Å²) >= 11 is 1.22. The van der Waals surface area contributed by atoms with Crippen LogP contribution in [0.15, 0.2) is 86.1 Å². The molecule has 0 amide bonds. The summed E-state index contributed by atoms with van der Waals surface area (Å²) in [6.45, 7) is 0. The third-order valence-electron chi connectivity index (χ3n) is 5.13. The summed E-state index contributed by atoms with van der Waals surface area (Å²) in [5.74, 6) is -3.52. The van der Waals surface area contributed by atoms with Crippen molar-refractivity contribution < 1.29 is 29.4 Å². The molecule has 0 bridgehead atoms. The Labute approximate surface area is 235 Å². The van der Waals surface area contributed by atoms with Crippen molar-refractivity contribution >= 4 is 52.4 Å². The molecule has 0 unspecified atom stereocenters. The molecule has 0 radical (unpaired) electrons. The zero-order chi connectivity index (χ0) is 29.4. The van der Waals surface area contributed by atoms with Gasteiger partial charge in [-0.3, -0.25) is 19.2 Å². The number of rotatable bonds is 4. The first kappa shape index (κ1) is 28.9. The Morgan fingerprint density at radius 2 is 1.30 bits per heavy atom. The first-order chi connectivity index (χ1) is 19.2. The lowest BCUT2D eigenvalue weighted by molar-refractivity contribution is -0.111. The number of carbonyl (C=O) groups excluding carboxylic acids is 4. The van der Waals surface area contributed by atoms with Gasteiger partial charge in [0.2, 0.25) is 23.1 Å². The van der Waals surface area contributed by atoms with Gasteiger partial charge in [-0.1, -0.05) is 72.1 Å². The van der Waals surface area contributed by atoms with E-state index in [4.69, 9.17) is 21.0 Å². The Balaban J connectivity index is 0.000000220. The number of nitriles is 4. The molecule has 0 spiro atoms. The van der Waals surface area contributed by atoms with Gasteiger partial charge in [0.05, 0.1) is 11.0 Å². The minimum Gasteiger partial charge on any atom is -0.506 e. The minimum atomic E-state index is -0.884. The average molecular weight is 565 g/mol. The van der Waals surface area contributed by atoms with Crippen LogP contribution in [-0.2, 0) is 4.79 Å². The second kappa shape index (κ2) is 12.7. The van der Waals surface area contributed by atoms with E-state index < -0.39 is 23.1 Å². The van der Waals surface area contributed by atoms with Gasteiger partial charge < -0.3 is 10.2 Å². The maximum atomic E-state index is 12.2. The van der Waals surface area contributed by atoms with Crippen molar-refractivity contribution in [3.05, 3.63) is 108 Å². The van der Waals surface area contributed by atoms with Gasteiger partial charge in [0.1, 0.15) is 38.7 Å². The maximum Gasteiger partial charge on any atom is 0.244 e. The van der Waals surface area contributed by atoms with Crippen LogP contribution in [0.1, 0.15) is 36.6 Å². The first-order valence-corrected chi connectivity index (χ1v) is 12.4. The highest BCUT2D eigenvalue weighted by molar-refractivity contribution is 8.08. The van der Waals surface area contributed by atoms with Crippen LogP contribution in [0, 0.1) is 45.3 Å². The largest absolute Gasteiger partial charge is 0.506 e. The lowest BCUT2D eigenvalue weighted by Crippen LogP contribution is -2.22. The van der Waals surface area contributed by atoms with Crippen molar-refractivity contribution in [2.75, 3.05) is 0 Å². The Bertz CT molecular complexity index is 1790. The van der Waals surface area contributed by atoms with Gasteiger partial charge in [-0.15, -0.1) is 0 Å². The van der Waals surface area contributed by atoms with Crippen molar-refractivity contribution in [3.63, 3.8) is 0 Å². The monoisotopic (exact) mass is 564 g/mol. The summed E-state index contributed by atoms with van der Waals surface area (Å²) in [6.07, 6.45) is 2.06. The number of thioether (sulfide) groups is 2. The Kier molecular flexibility index (Phi) is 9.20. The molecule has 2 N–H and O–H groups in total. The van der Waals surface area contributed by atoms with Crippen LogP contribution in [-0.4, -0.2) is 33.3 Å². The molecule has 2 aliphatic rings. The standard InChI is InChI=1S/2C14H6N2O3S/c15-6-11(18)13(7-16)20-12-5-10(17)8-3-1-2-4-9(8)14(12)19;15-6-5-8(7-16)20-14-12(18)10-4-2-1-3-9(10)11(17)13(14)19/h2*1-5,18H/b13-11-;8-5+. The van der Waals surface area contributed by atoms with Gasteiger partial charge >= 0.3 is 0 Å². The number of carbonyl (C=O) groups is 4. The summed E-state index contributed by atoms with van der Waals surface area (Å²) in [5.41, 5.74) is 0.918. The van der Waals surface area contributed by atoms with Crippen molar-refractivity contribution in [2.24, 2.45) is 0 Å². The number of hydrogen-bond acceptors (Lipinski definition) is 12. The Morgan fingerprint density at radius 3 is 1.85 bits per heavy atom. The molecular weight excluding hydrogens is 552 g/mol. The summed E-state index contributed by atoms with van der Waals surface area (Å²) < 4.78 is 0. The zero-order valence-corrected chi connectivity index (χ0v) is 21.5. The number of Topliss-reactive ketones (excluding diaryl/α,β-unsaturated/α-hetero) is 3. The molecule has 2 aliphatic carbocycles. The summed E-state index contributed by atoms with van der Waals surface area (Å²) in [7, 11) is 0. The lowest BCUT2D eigenvalue weighted by atomic mass is 9.94. The maximum absolute atomic E-state index is 12.2. The van der Waals surface area contributed by atoms with E-state index >= 15 is 0 Å². The number of nitrogens with zero attached hydrogens (tertiary/aromatic N) is 4. The molecule has 0 saturated heterocycles. The van der Waals surface area contributed by atoms with Gasteiger partial charge in [0.15, 0.2) is 5.78 Å². The molecule has 12 heteroatoms. The second-order valence-electron chi connectivity index (χ2n) is 7.48. The molecule has 192 valence electrons. The lowest BCUT2D eigenvalue weighted by Gasteiger charge is -2.16. The molecule has 0 fully saturated rings. The van der Waals surface area contributed by atoms with Crippen molar-refractivity contribution in [1.82, 2.24) is 0 Å². The highest BCUT2D eigenvalue weighted by Crippen LogP contribution is 2.37. The van der Waals surface area contributed by atoms with Crippen LogP contribution < -0.4 is 0 Å². The molecule has 2 aromatic carbocycles. The van der Waals surface area contributed by atoms with Crippen LogP contribution in [0.4, 0.5) is 0 Å². The van der Waals surface area contributed by atoms with Crippen LogP contribution in [0.2, 0.25) is 0 Å². The highest BCUT2D eigenvalue weighted by atomic mass is 32.2. The smallest absolute Gasteiger partial charge is 0.244 e. The van der Waals surface area contributed by atoms with Crippen LogP contribution in [0.5, 0.6) is 0 Å². The van der Waals surface area contributed by atoms with Gasteiger partial charge in [-0.05, 0) is 0 Å².